The molecule has 0 saturated heterocycles. The van der Waals surface area contributed by atoms with Crippen molar-refractivity contribution in [3.63, 3.8) is 0 Å². The van der Waals surface area contributed by atoms with E-state index in [0.717, 1.165) is 11.3 Å². The van der Waals surface area contributed by atoms with Gasteiger partial charge in [0.15, 0.2) is 12.4 Å². The third-order valence-electron chi connectivity index (χ3n) is 5.20. The van der Waals surface area contributed by atoms with Crippen LogP contribution in [-0.2, 0) is 6.61 Å². The van der Waals surface area contributed by atoms with E-state index in [1.165, 1.54) is 17.6 Å². The standard InChI is InChI=1S/C27H24N4O4/c1-19-3-4-20(2)31(19)22-7-11-24(12-8-22)34-18-25-13-14-26(35-25)27(32)30-29-17-21-5-9-23(10-6-21)33-16-15-28/h3-14,17H,16,18H2,1-2H3,(H,30,32). The monoisotopic (exact) mass is 468 g/mol. The number of benzene rings is 2. The number of hydrogen-bond donors (Lipinski definition) is 1. The lowest BCUT2D eigenvalue weighted by Gasteiger charge is -2.10. The van der Waals surface area contributed by atoms with Crippen molar-refractivity contribution in [2.75, 3.05) is 6.61 Å². The van der Waals surface area contributed by atoms with Crippen LogP contribution in [0, 0.1) is 25.2 Å². The molecule has 0 aliphatic heterocycles. The van der Waals surface area contributed by atoms with Gasteiger partial charge in [0.25, 0.3) is 0 Å². The van der Waals surface area contributed by atoms with E-state index in [4.69, 9.17) is 19.2 Å². The van der Waals surface area contributed by atoms with E-state index < -0.39 is 5.91 Å². The van der Waals surface area contributed by atoms with Crippen LogP contribution in [0.5, 0.6) is 11.5 Å². The summed E-state index contributed by atoms with van der Waals surface area (Å²) >= 11 is 0. The number of nitrogens with one attached hydrogen (secondary N) is 1. The summed E-state index contributed by atoms with van der Waals surface area (Å²) in [6, 6.07) is 24.1. The van der Waals surface area contributed by atoms with Crippen LogP contribution < -0.4 is 14.9 Å². The number of hydrogen-bond acceptors (Lipinski definition) is 6. The number of aromatic nitrogens is 1. The number of carbonyl (C=O) groups is 1. The van der Waals surface area contributed by atoms with Gasteiger partial charge >= 0.3 is 5.91 Å². The van der Waals surface area contributed by atoms with Crippen LogP contribution in [0.15, 0.2) is 82.3 Å². The van der Waals surface area contributed by atoms with Gasteiger partial charge in [-0.05, 0) is 92.2 Å². The first-order chi connectivity index (χ1) is 17.0. The second-order valence-corrected chi connectivity index (χ2v) is 7.71. The van der Waals surface area contributed by atoms with Crippen LogP contribution in [0.1, 0.15) is 33.3 Å². The molecule has 8 nitrogen and oxygen atoms in total. The molecule has 0 atom stereocenters. The number of nitriles is 1. The third kappa shape index (κ3) is 5.97. The van der Waals surface area contributed by atoms with Crippen molar-refractivity contribution in [1.29, 1.82) is 5.26 Å². The minimum Gasteiger partial charge on any atom is -0.486 e. The van der Waals surface area contributed by atoms with Gasteiger partial charge in [-0.3, -0.25) is 4.79 Å². The summed E-state index contributed by atoms with van der Waals surface area (Å²) in [7, 11) is 0. The zero-order valence-corrected chi connectivity index (χ0v) is 19.4. The fraction of sp³-hybridized carbons (Fsp3) is 0.148. The van der Waals surface area contributed by atoms with Gasteiger partial charge in [0.1, 0.15) is 29.9 Å². The highest BCUT2D eigenvalue weighted by Gasteiger charge is 2.11. The summed E-state index contributed by atoms with van der Waals surface area (Å²) in [4.78, 5) is 12.3. The SMILES string of the molecule is Cc1ccc(C)n1-c1ccc(OCc2ccc(C(=O)NN=Cc3ccc(OCC#N)cc3)o2)cc1. The molecule has 0 bridgehead atoms. The summed E-state index contributed by atoms with van der Waals surface area (Å²) in [5.74, 6) is 1.47. The van der Waals surface area contributed by atoms with Crippen LogP contribution in [-0.4, -0.2) is 23.3 Å². The van der Waals surface area contributed by atoms with Crippen LogP contribution in [0.2, 0.25) is 0 Å². The van der Waals surface area contributed by atoms with Crippen molar-refractivity contribution < 1.29 is 18.7 Å². The van der Waals surface area contributed by atoms with Gasteiger partial charge in [-0.2, -0.15) is 10.4 Å². The van der Waals surface area contributed by atoms with Crippen LogP contribution in [0.4, 0.5) is 0 Å². The average Bonchev–Trinajstić information content (AvgIpc) is 3.49. The number of nitrogens with zero attached hydrogens (tertiary/aromatic N) is 3. The average molecular weight is 469 g/mol. The number of ether oxygens (including phenoxy) is 2. The Morgan fingerprint density at radius 3 is 2.31 bits per heavy atom. The first-order valence-corrected chi connectivity index (χ1v) is 10.9. The van der Waals surface area contributed by atoms with Crippen molar-refractivity contribution in [2.45, 2.75) is 20.5 Å². The van der Waals surface area contributed by atoms with Gasteiger partial charge in [0, 0.05) is 17.1 Å². The largest absolute Gasteiger partial charge is 0.486 e. The van der Waals surface area contributed by atoms with Gasteiger partial charge in [0.2, 0.25) is 0 Å². The summed E-state index contributed by atoms with van der Waals surface area (Å²) in [5, 5.41) is 12.5. The lowest BCUT2D eigenvalue weighted by atomic mass is 10.2. The van der Waals surface area contributed by atoms with Crippen molar-refractivity contribution in [2.24, 2.45) is 5.10 Å². The summed E-state index contributed by atoms with van der Waals surface area (Å²) in [6.07, 6.45) is 1.50. The van der Waals surface area contributed by atoms with Gasteiger partial charge in [-0.15, -0.1) is 0 Å². The Labute approximate surface area is 203 Å². The van der Waals surface area contributed by atoms with Gasteiger partial charge in [-0.25, -0.2) is 5.43 Å². The predicted molar refractivity (Wildman–Crippen MR) is 131 cm³/mol. The maximum Gasteiger partial charge on any atom is 0.307 e. The Kier molecular flexibility index (Phi) is 7.28. The highest BCUT2D eigenvalue weighted by Crippen LogP contribution is 2.21. The topological polar surface area (TPSA) is 102 Å². The van der Waals surface area contributed by atoms with Gasteiger partial charge in [-0.1, -0.05) is 0 Å². The quantitative estimate of drug-likeness (QED) is 0.277. The first kappa shape index (κ1) is 23.4. The summed E-state index contributed by atoms with van der Waals surface area (Å²) in [6.45, 7) is 4.32. The fourth-order valence-electron chi connectivity index (χ4n) is 3.49. The number of amides is 1. The molecule has 2 aromatic carbocycles. The molecule has 8 heteroatoms. The molecule has 2 heterocycles. The molecule has 0 fully saturated rings. The van der Waals surface area contributed by atoms with E-state index >= 15 is 0 Å². The predicted octanol–water partition coefficient (Wildman–Crippen LogP) is 4.93. The number of aryl methyl sites for hydroxylation is 2. The first-order valence-electron chi connectivity index (χ1n) is 10.9. The second kappa shape index (κ2) is 10.9. The molecular formula is C27H24N4O4. The Morgan fingerprint density at radius 1 is 0.971 bits per heavy atom. The van der Waals surface area contributed by atoms with Crippen LogP contribution in [0.25, 0.3) is 5.69 Å². The Morgan fingerprint density at radius 2 is 1.63 bits per heavy atom. The lowest BCUT2D eigenvalue weighted by Crippen LogP contribution is -2.16. The summed E-state index contributed by atoms with van der Waals surface area (Å²) < 4.78 is 18.7. The Bertz CT molecular complexity index is 1340. The van der Waals surface area contributed by atoms with E-state index in [9.17, 15) is 4.79 Å². The van der Waals surface area contributed by atoms with E-state index in [1.807, 2.05) is 30.3 Å². The molecular weight excluding hydrogens is 444 g/mol. The van der Waals surface area contributed by atoms with Crippen molar-refractivity contribution >= 4 is 12.1 Å². The zero-order chi connectivity index (χ0) is 24.6. The molecule has 4 rings (SSSR count). The Hall–Kier alpha value is -4.77. The number of carbonyl (C=O) groups excluding carboxylic acids is 1. The fourth-order valence-corrected chi connectivity index (χ4v) is 3.49. The van der Waals surface area contributed by atoms with E-state index in [-0.39, 0.29) is 19.0 Å². The Balaban J connectivity index is 1.27. The molecule has 0 saturated carbocycles. The molecule has 0 aliphatic carbocycles. The molecule has 176 valence electrons. The molecule has 4 aromatic rings. The normalized spacial score (nSPS) is 10.8. The van der Waals surface area contributed by atoms with Crippen LogP contribution in [0.3, 0.4) is 0 Å². The molecule has 1 amide bonds. The second-order valence-electron chi connectivity index (χ2n) is 7.71. The molecule has 0 unspecified atom stereocenters. The van der Waals surface area contributed by atoms with Gasteiger partial charge in [0.05, 0.1) is 6.21 Å². The highest BCUT2D eigenvalue weighted by atomic mass is 16.5. The molecule has 35 heavy (non-hydrogen) atoms. The molecule has 1 N–H and O–H groups in total. The zero-order valence-electron chi connectivity index (χ0n) is 19.4. The maximum absolute atomic E-state index is 12.3. The van der Waals surface area contributed by atoms with Crippen molar-refractivity contribution in [3.8, 4) is 23.3 Å². The molecule has 0 aliphatic rings. The van der Waals surface area contributed by atoms with E-state index in [2.05, 4.69) is 41.1 Å². The van der Waals surface area contributed by atoms with E-state index in [0.29, 0.717) is 17.3 Å². The number of hydrazone groups is 1. The molecule has 0 spiro atoms. The molecule has 2 aromatic heterocycles. The highest BCUT2D eigenvalue weighted by molar-refractivity contribution is 5.92. The van der Waals surface area contributed by atoms with Crippen molar-refractivity contribution in [1.82, 2.24) is 9.99 Å². The number of furan rings is 1. The van der Waals surface area contributed by atoms with E-state index in [1.54, 1.807) is 36.4 Å². The molecule has 0 radical (unpaired) electrons. The van der Waals surface area contributed by atoms with Crippen LogP contribution >= 0.6 is 0 Å². The maximum atomic E-state index is 12.3. The third-order valence-corrected chi connectivity index (χ3v) is 5.20. The van der Waals surface area contributed by atoms with Crippen molar-refractivity contribution in [3.05, 3.63) is 101 Å². The lowest BCUT2D eigenvalue weighted by molar-refractivity contribution is 0.0923. The smallest absolute Gasteiger partial charge is 0.307 e. The van der Waals surface area contributed by atoms with Gasteiger partial charge < -0.3 is 18.5 Å². The summed E-state index contributed by atoms with van der Waals surface area (Å²) in [5.41, 5.74) is 6.60. The number of rotatable bonds is 9. The minimum atomic E-state index is -0.469. The minimum absolute atomic E-state index is 0.0141.